The summed E-state index contributed by atoms with van der Waals surface area (Å²) in [6.07, 6.45) is 1.54. The molecule has 23 heavy (non-hydrogen) atoms. The summed E-state index contributed by atoms with van der Waals surface area (Å²) in [6, 6.07) is 12.4. The number of halogens is 2. The molecule has 0 atom stereocenters. The van der Waals surface area contributed by atoms with Gasteiger partial charge in [-0.3, -0.25) is 14.2 Å². The molecule has 0 radical (unpaired) electrons. The summed E-state index contributed by atoms with van der Waals surface area (Å²) < 4.78 is 2.31. The first kappa shape index (κ1) is 15.8. The molecule has 0 aliphatic rings. The van der Waals surface area contributed by atoms with Crippen LogP contribution in [0.25, 0.3) is 10.9 Å². The van der Waals surface area contributed by atoms with Crippen LogP contribution >= 0.6 is 27.5 Å². The number of benzene rings is 2. The van der Waals surface area contributed by atoms with E-state index in [9.17, 15) is 9.59 Å². The Morgan fingerprint density at radius 1 is 1.17 bits per heavy atom. The molecule has 3 rings (SSSR count). The van der Waals surface area contributed by atoms with Crippen LogP contribution in [-0.2, 0) is 0 Å². The molecule has 6 heteroatoms. The van der Waals surface area contributed by atoms with Gasteiger partial charge in [0.15, 0.2) is 0 Å². The Bertz CT molecular complexity index is 933. The van der Waals surface area contributed by atoms with Gasteiger partial charge in [-0.05, 0) is 36.4 Å². The quantitative estimate of drug-likeness (QED) is 0.670. The van der Waals surface area contributed by atoms with Crippen molar-refractivity contribution in [3.05, 3.63) is 63.7 Å². The first-order valence-electron chi connectivity index (χ1n) is 6.84. The molecule has 1 N–H and O–H groups in total. The lowest BCUT2D eigenvalue weighted by Crippen LogP contribution is -2.11. The number of nitrogens with zero attached hydrogens (tertiary/aromatic N) is 1. The monoisotopic (exact) mass is 390 g/mol. The van der Waals surface area contributed by atoms with Crippen LogP contribution in [-0.4, -0.2) is 16.4 Å². The molecule has 0 spiro atoms. The molecule has 0 fully saturated rings. The van der Waals surface area contributed by atoms with Crippen LogP contribution in [0.2, 0.25) is 5.02 Å². The molecule has 3 aromatic rings. The summed E-state index contributed by atoms with van der Waals surface area (Å²) in [4.78, 5) is 24.4. The van der Waals surface area contributed by atoms with Crippen molar-refractivity contribution >= 4 is 55.9 Å². The Labute approximate surface area is 146 Å². The lowest BCUT2D eigenvalue weighted by atomic mass is 10.1. The zero-order chi connectivity index (χ0) is 16.6. The van der Waals surface area contributed by atoms with Crippen LogP contribution < -0.4 is 5.32 Å². The van der Waals surface area contributed by atoms with Crippen LogP contribution in [0.5, 0.6) is 0 Å². The van der Waals surface area contributed by atoms with E-state index in [4.69, 9.17) is 11.6 Å². The second kappa shape index (κ2) is 6.18. The lowest BCUT2D eigenvalue weighted by Gasteiger charge is -2.04. The molecule has 1 aromatic heterocycles. The molecule has 0 aliphatic heterocycles. The zero-order valence-corrected chi connectivity index (χ0v) is 14.5. The fourth-order valence-electron chi connectivity index (χ4n) is 2.41. The van der Waals surface area contributed by atoms with E-state index in [1.807, 2.05) is 12.1 Å². The van der Waals surface area contributed by atoms with Crippen molar-refractivity contribution in [2.24, 2.45) is 0 Å². The highest BCUT2D eigenvalue weighted by molar-refractivity contribution is 9.10. The number of fused-ring (bicyclic) bond motifs is 1. The van der Waals surface area contributed by atoms with Gasteiger partial charge in [0, 0.05) is 33.7 Å². The van der Waals surface area contributed by atoms with E-state index in [2.05, 4.69) is 21.2 Å². The standard InChI is InChI=1S/C17H12BrClN2O2/c1-10(22)21-9-15(14-8-12(19)5-6-16(14)21)17(23)20-13-4-2-3-11(18)7-13/h2-9H,1H3,(H,20,23). The maximum absolute atomic E-state index is 12.6. The second-order valence-electron chi connectivity index (χ2n) is 5.06. The Hall–Kier alpha value is -2.11. The van der Waals surface area contributed by atoms with Crippen LogP contribution in [0.1, 0.15) is 22.1 Å². The topological polar surface area (TPSA) is 51.1 Å². The van der Waals surface area contributed by atoms with Gasteiger partial charge in [0.25, 0.3) is 5.91 Å². The number of nitrogens with one attached hydrogen (secondary N) is 1. The van der Waals surface area contributed by atoms with Crippen molar-refractivity contribution in [2.75, 3.05) is 5.32 Å². The Morgan fingerprint density at radius 3 is 2.65 bits per heavy atom. The fourth-order valence-corrected chi connectivity index (χ4v) is 2.98. The summed E-state index contributed by atoms with van der Waals surface area (Å²) in [7, 11) is 0. The minimum absolute atomic E-state index is 0.168. The van der Waals surface area contributed by atoms with Gasteiger partial charge in [-0.15, -0.1) is 0 Å². The van der Waals surface area contributed by atoms with Crippen LogP contribution in [0.4, 0.5) is 5.69 Å². The smallest absolute Gasteiger partial charge is 0.257 e. The molecular formula is C17H12BrClN2O2. The third kappa shape index (κ3) is 3.16. The summed E-state index contributed by atoms with van der Waals surface area (Å²) in [6.45, 7) is 1.45. The average Bonchev–Trinajstić information content (AvgIpc) is 2.86. The van der Waals surface area contributed by atoms with Gasteiger partial charge < -0.3 is 5.32 Å². The lowest BCUT2D eigenvalue weighted by molar-refractivity contribution is 0.0941. The maximum Gasteiger partial charge on any atom is 0.257 e. The second-order valence-corrected chi connectivity index (χ2v) is 6.41. The molecule has 1 amide bonds. The number of carbonyl (C=O) groups is 2. The van der Waals surface area contributed by atoms with Gasteiger partial charge in [-0.2, -0.15) is 0 Å². The highest BCUT2D eigenvalue weighted by Gasteiger charge is 2.17. The predicted molar refractivity (Wildman–Crippen MR) is 95.3 cm³/mol. The van der Waals surface area contributed by atoms with Gasteiger partial charge in [-0.1, -0.05) is 33.6 Å². The number of aromatic nitrogens is 1. The SMILES string of the molecule is CC(=O)n1cc(C(=O)Nc2cccc(Br)c2)c2cc(Cl)ccc21. The maximum atomic E-state index is 12.6. The molecule has 0 saturated carbocycles. The highest BCUT2D eigenvalue weighted by Crippen LogP contribution is 2.26. The van der Waals surface area contributed by atoms with Gasteiger partial charge in [-0.25, -0.2) is 0 Å². The number of hydrogen-bond donors (Lipinski definition) is 1. The van der Waals surface area contributed by atoms with Crippen molar-refractivity contribution in [2.45, 2.75) is 6.92 Å². The molecule has 0 bridgehead atoms. The Balaban J connectivity index is 2.06. The molecular weight excluding hydrogens is 380 g/mol. The number of anilines is 1. The minimum atomic E-state index is -0.296. The molecule has 0 unspecified atom stereocenters. The summed E-state index contributed by atoms with van der Waals surface area (Å²) in [5.74, 6) is -0.464. The largest absolute Gasteiger partial charge is 0.322 e. The summed E-state index contributed by atoms with van der Waals surface area (Å²) >= 11 is 9.40. The van der Waals surface area contributed by atoms with Crippen molar-refractivity contribution in [3.63, 3.8) is 0 Å². The van der Waals surface area contributed by atoms with E-state index >= 15 is 0 Å². The van der Waals surface area contributed by atoms with Gasteiger partial charge in [0.2, 0.25) is 5.91 Å². The summed E-state index contributed by atoms with van der Waals surface area (Å²) in [5, 5.41) is 3.97. The average molecular weight is 392 g/mol. The van der Waals surface area contributed by atoms with Crippen molar-refractivity contribution in [1.29, 1.82) is 0 Å². The molecule has 0 saturated heterocycles. The van der Waals surface area contributed by atoms with E-state index < -0.39 is 0 Å². The molecule has 2 aromatic carbocycles. The number of hydrogen-bond acceptors (Lipinski definition) is 2. The van der Waals surface area contributed by atoms with Crippen molar-refractivity contribution < 1.29 is 9.59 Å². The van der Waals surface area contributed by atoms with E-state index in [1.54, 1.807) is 30.3 Å². The summed E-state index contributed by atoms with van der Waals surface area (Å²) in [5.41, 5.74) is 1.72. The van der Waals surface area contributed by atoms with Gasteiger partial charge in [0.05, 0.1) is 11.1 Å². The van der Waals surface area contributed by atoms with Crippen LogP contribution in [0.3, 0.4) is 0 Å². The molecule has 0 aliphatic carbocycles. The van der Waals surface area contributed by atoms with E-state index in [1.165, 1.54) is 17.7 Å². The Kier molecular flexibility index (Phi) is 4.24. The van der Waals surface area contributed by atoms with Crippen molar-refractivity contribution in [1.82, 2.24) is 4.57 Å². The zero-order valence-electron chi connectivity index (χ0n) is 12.1. The van der Waals surface area contributed by atoms with Crippen LogP contribution in [0, 0.1) is 0 Å². The van der Waals surface area contributed by atoms with E-state index in [0.29, 0.717) is 27.2 Å². The molecule has 1 heterocycles. The normalized spacial score (nSPS) is 10.7. The van der Waals surface area contributed by atoms with E-state index in [-0.39, 0.29) is 11.8 Å². The fraction of sp³-hybridized carbons (Fsp3) is 0.0588. The minimum Gasteiger partial charge on any atom is -0.322 e. The predicted octanol–water partition coefficient (Wildman–Crippen LogP) is 4.97. The molecule has 116 valence electrons. The van der Waals surface area contributed by atoms with Crippen LogP contribution in [0.15, 0.2) is 53.1 Å². The Morgan fingerprint density at radius 2 is 1.96 bits per heavy atom. The van der Waals surface area contributed by atoms with E-state index in [0.717, 1.165) is 4.47 Å². The number of carbonyl (C=O) groups excluding carboxylic acids is 2. The third-order valence-corrected chi connectivity index (χ3v) is 4.16. The highest BCUT2D eigenvalue weighted by atomic mass is 79.9. The number of amides is 1. The third-order valence-electron chi connectivity index (χ3n) is 3.43. The number of rotatable bonds is 2. The first-order chi connectivity index (χ1) is 11.0. The molecule has 4 nitrogen and oxygen atoms in total. The first-order valence-corrected chi connectivity index (χ1v) is 8.01. The van der Waals surface area contributed by atoms with Gasteiger partial charge >= 0.3 is 0 Å². The van der Waals surface area contributed by atoms with Gasteiger partial charge in [0.1, 0.15) is 0 Å². The van der Waals surface area contributed by atoms with Crippen molar-refractivity contribution in [3.8, 4) is 0 Å².